The summed E-state index contributed by atoms with van der Waals surface area (Å²) in [6.07, 6.45) is 9.49. The zero-order chi connectivity index (χ0) is 18.9. The van der Waals surface area contributed by atoms with E-state index >= 15 is 0 Å². The van der Waals surface area contributed by atoms with E-state index in [1.807, 2.05) is 0 Å². The molecule has 0 heterocycles. The van der Waals surface area contributed by atoms with E-state index in [0.29, 0.717) is 5.04 Å². The van der Waals surface area contributed by atoms with Crippen LogP contribution in [0.2, 0.25) is 37.8 Å². The number of rotatable bonds is 9. The monoisotopic (exact) mass is 366 g/mol. The molecule has 0 fully saturated rings. The van der Waals surface area contributed by atoms with E-state index in [-0.39, 0.29) is 0 Å². The molecule has 24 heavy (non-hydrogen) atoms. The van der Waals surface area contributed by atoms with Gasteiger partial charge in [-0.2, -0.15) is 0 Å². The molecule has 0 radical (unpaired) electrons. The molecule has 3 heteroatoms. The second-order valence-corrected chi connectivity index (χ2v) is 19.1. The molecule has 0 N–H and O–H groups in total. The van der Waals surface area contributed by atoms with Gasteiger partial charge >= 0.3 is 0 Å². The van der Waals surface area contributed by atoms with Gasteiger partial charge in [-0.15, -0.1) is 11.5 Å². The molecule has 1 nitrogen and oxygen atoms in total. The average molecular weight is 367 g/mol. The third-order valence-corrected chi connectivity index (χ3v) is 10.2. The number of allylic oxidation sites excluding steroid dienone is 2. The Hall–Kier alpha value is -0.306. The van der Waals surface area contributed by atoms with Gasteiger partial charge in [-0.1, -0.05) is 52.1 Å². The van der Waals surface area contributed by atoms with Crippen molar-refractivity contribution >= 4 is 16.4 Å². The van der Waals surface area contributed by atoms with Crippen molar-refractivity contribution in [2.45, 2.75) is 104 Å². The van der Waals surface area contributed by atoms with E-state index in [9.17, 15) is 0 Å². The Bertz CT molecular complexity index is 439. The predicted molar refractivity (Wildman–Crippen MR) is 116 cm³/mol. The molecule has 0 rings (SSSR count). The van der Waals surface area contributed by atoms with Crippen LogP contribution in [-0.4, -0.2) is 23.0 Å². The summed E-state index contributed by atoms with van der Waals surface area (Å²) in [5.74, 6) is 3.36. The highest BCUT2D eigenvalue weighted by atomic mass is 28.4. The minimum absolute atomic E-state index is 0.316. The molecule has 0 aromatic rings. The second-order valence-electron chi connectivity index (χ2n) is 9.56. The van der Waals surface area contributed by atoms with Crippen LogP contribution in [0.4, 0.5) is 0 Å². The van der Waals surface area contributed by atoms with Crippen molar-refractivity contribution in [2.24, 2.45) is 0 Å². The Balaban J connectivity index is 3.84. The van der Waals surface area contributed by atoms with Gasteiger partial charge in [-0.25, -0.2) is 0 Å². The van der Waals surface area contributed by atoms with Gasteiger partial charge in [-0.05, 0) is 57.2 Å². The zero-order valence-corrected chi connectivity index (χ0v) is 19.9. The van der Waals surface area contributed by atoms with Gasteiger partial charge in [0.05, 0.1) is 0 Å². The van der Waals surface area contributed by atoms with Crippen LogP contribution in [0.5, 0.6) is 0 Å². The maximum atomic E-state index is 6.24. The number of unbranched alkanes of at least 4 members (excludes halogenated alkanes) is 3. The molecule has 0 aliphatic rings. The van der Waals surface area contributed by atoms with Gasteiger partial charge in [0.15, 0.2) is 8.32 Å². The summed E-state index contributed by atoms with van der Waals surface area (Å²) in [6, 6.07) is 0. The first-order valence-electron chi connectivity index (χ1n) is 9.65. The van der Waals surface area contributed by atoms with Gasteiger partial charge in [0.25, 0.3) is 0 Å². The van der Waals surface area contributed by atoms with Crippen LogP contribution in [-0.2, 0) is 4.43 Å². The molecule has 0 saturated heterocycles. The standard InChI is InChI=1S/C21H42OSi2/c1-20(16-13-11-10-12-14-19-23(5,6)7)17-15-18-22-24(8,9)21(2,3)4/h16H,10-13,15,17-18H2,1-9H3/b20-16+. The Morgan fingerprint density at radius 1 is 1.00 bits per heavy atom. The van der Waals surface area contributed by atoms with Crippen LogP contribution < -0.4 is 0 Å². The summed E-state index contributed by atoms with van der Waals surface area (Å²) in [5.41, 5.74) is 4.96. The molecule has 0 aromatic heterocycles. The van der Waals surface area contributed by atoms with Crippen molar-refractivity contribution in [3.05, 3.63) is 11.6 Å². The predicted octanol–water partition coefficient (Wildman–Crippen LogP) is 7.18. The maximum Gasteiger partial charge on any atom is 0.191 e. The van der Waals surface area contributed by atoms with Crippen molar-refractivity contribution < 1.29 is 4.43 Å². The van der Waals surface area contributed by atoms with E-state index in [1.165, 1.54) is 31.3 Å². The fourth-order valence-electron chi connectivity index (χ4n) is 2.03. The van der Waals surface area contributed by atoms with Gasteiger partial charge in [0.2, 0.25) is 0 Å². The zero-order valence-electron chi connectivity index (χ0n) is 17.9. The van der Waals surface area contributed by atoms with E-state index < -0.39 is 16.4 Å². The molecule has 0 amide bonds. The summed E-state index contributed by atoms with van der Waals surface area (Å²) in [4.78, 5) is 0. The maximum absolute atomic E-state index is 6.24. The summed E-state index contributed by atoms with van der Waals surface area (Å²) in [6.45, 7) is 21.7. The Morgan fingerprint density at radius 2 is 1.62 bits per heavy atom. The van der Waals surface area contributed by atoms with E-state index in [0.717, 1.165) is 19.4 Å². The number of hydrogen-bond donors (Lipinski definition) is 0. The van der Waals surface area contributed by atoms with E-state index in [1.54, 1.807) is 0 Å². The topological polar surface area (TPSA) is 9.23 Å². The number of hydrogen-bond acceptors (Lipinski definition) is 1. The highest BCUT2D eigenvalue weighted by Gasteiger charge is 2.36. The third-order valence-electron chi connectivity index (χ3n) is 4.70. The van der Waals surface area contributed by atoms with Gasteiger partial charge in [0, 0.05) is 13.0 Å². The molecule has 0 saturated carbocycles. The summed E-state index contributed by atoms with van der Waals surface area (Å²) in [5, 5.41) is 0.316. The molecule has 0 aliphatic heterocycles. The Labute approximate surface area is 154 Å². The third kappa shape index (κ3) is 12.1. The minimum atomic E-state index is -1.56. The molecule has 0 aliphatic carbocycles. The molecular formula is C21H42OSi2. The summed E-state index contributed by atoms with van der Waals surface area (Å²) in [7, 11) is -2.73. The van der Waals surface area contributed by atoms with Gasteiger partial charge in [0.1, 0.15) is 8.07 Å². The van der Waals surface area contributed by atoms with Crippen molar-refractivity contribution in [3.8, 4) is 11.5 Å². The normalized spacial score (nSPS) is 13.6. The molecule has 0 bridgehead atoms. The lowest BCUT2D eigenvalue weighted by molar-refractivity contribution is 0.282. The smallest absolute Gasteiger partial charge is 0.191 e. The first-order chi connectivity index (χ1) is 10.9. The average Bonchev–Trinajstić information content (AvgIpc) is 2.40. The Morgan fingerprint density at radius 3 is 2.17 bits per heavy atom. The van der Waals surface area contributed by atoms with Crippen LogP contribution in [0.1, 0.15) is 66.2 Å². The van der Waals surface area contributed by atoms with E-state index in [4.69, 9.17) is 4.43 Å². The van der Waals surface area contributed by atoms with Crippen LogP contribution in [0, 0.1) is 11.5 Å². The molecule has 140 valence electrons. The largest absolute Gasteiger partial charge is 0.417 e. The van der Waals surface area contributed by atoms with Crippen molar-refractivity contribution in [1.29, 1.82) is 0 Å². The highest BCUT2D eigenvalue weighted by Crippen LogP contribution is 2.36. The molecular weight excluding hydrogens is 324 g/mol. The lowest BCUT2D eigenvalue weighted by Crippen LogP contribution is -2.40. The fraction of sp³-hybridized carbons (Fsp3) is 0.810. The van der Waals surface area contributed by atoms with Crippen LogP contribution in [0.15, 0.2) is 11.6 Å². The first kappa shape index (κ1) is 23.7. The first-order valence-corrected chi connectivity index (χ1v) is 16.1. The van der Waals surface area contributed by atoms with Crippen molar-refractivity contribution in [1.82, 2.24) is 0 Å². The van der Waals surface area contributed by atoms with Crippen molar-refractivity contribution in [2.75, 3.05) is 6.61 Å². The van der Waals surface area contributed by atoms with Crippen LogP contribution >= 0.6 is 0 Å². The van der Waals surface area contributed by atoms with E-state index in [2.05, 4.69) is 78.0 Å². The SMILES string of the molecule is C/C(=C\CCCCC#C[Si](C)(C)C)CCCO[Si](C)(C)C(C)(C)C. The minimum Gasteiger partial charge on any atom is -0.417 e. The summed E-state index contributed by atoms with van der Waals surface area (Å²) >= 11 is 0. The lowest BCUT2D eigenvalue weighted by Gasteiger charge is -2.36. The van der Waals surface area contributed by atoms with Crippen LogP contribution in [0.25, 0.3) is 0 Å². The van der Waals surface area contributed by atoms with Gasteiger partial charge < -0.3 is 4.43 Å². The second kappa shape index (κ2) is 10.6. The molecule has 0 spiro atoms. The Kier molecular flexibility index (Phi) is 10.5. The van der Waals surface area contributed by atoms with Gasteiger partial charge in [-0.3, -0.25) is 0 Å². The molecule has 0 aromatic carbocycles. The lowest BCUT2D eigenvalue weighted by atomic mass is 10.1. The highest BCUT2D eigenvalue weighted by molar-refractivity contribution is 6.83. The molecule has 0 atom stereocenters. The van der Waals surface area contributed by atoms with Crippen molar-refractivity contribution in [3.63, 3.8) is 0 Å². The molecule has 0 unspecified atom stereocenters. The quantitative estimate of drug-likeness (QED) is 0.182. The fourth-order valence-corrected chi connectivity index (χ4v) is 3.77. The summed E-state index contributed by atoms with van der Waals surface area (Å²) < 4.78 is 6.24. The van der Waals surface area contributed by atoms with Crippen LogP contribution in [0.3, 0.4) is 0 Å².